The van der Waals surface area contributed by atoms with Crippen LogP contribution in [0.5, 0.6) is 0 Å². The lowest BCUT2D eigenvalue weighted by Gasteiger charge is -2.35. The number of aromatic nitrogens is 2. The monoisotopic (exact) mass is 291 g/mol. The Morgan fingerprint density at radius 1 is 1.50 bits per heavy atom. The van der Waals surface area contributed by atoms with Crippen LogP contribution in [0.4, 0.5) is 11.8 Å². The van der Waals surface area contributed by atoms with Crippen LogP contribution >= 0.6 is 11.3 Å². The third-order valence-corrected chi connectivity index (χ3v) is 4.44. The van der Waals surface area contributed by atoms with E-state index in [1.807, 2.05) is 16.3 Å². The van der Waals surface area contributed by atoms with E-state index in [4.69, 9.17) is 5.73 Å². The quantitative estimate of drug-likeness (QED) is 0.897. The number of amides is 1. The van der Waals surface area contributed by atoms with Crippen LogP contribution in [0.15, 0.2) is 11.4 Å². The van der Waals surface area contributed by atoms with Gasteiger partial charge >= 0.3 is 0 Å². The zero-order valence-electron chi connectivity index (χ0n) is 11.3. The second-order valence-corrected chi connectivity index (χ2v) is 5.76. The fraction of sp³-hybridized carbons (Fsp3) is 0.462. The van der Waals surface area contributed by atoms with Crippen molar-refractivity contribution in [3.05, 3.63) is 11.4 Å². The Morgan fingerprint density at radius 3 is 3.10 bits per heavy atom. The lowest BCUT2D eigenvalue weighted by Crippen LogP contribution is -2.48. The summed E-state index contributed by atoms with van der Waals surface area (Å²) in [6, 6.07) is 1.73. The third kappa shape index (κ3) is 2.18. The third-order valence-electron chi connectivity index (χ3n) is 3.63. The molecule has 1 amide bonds. The molecule has 0 spiro atoms. The van der Waals surface area contributed by atoms with E-state index in [9.17, 15) is 4.79 Å². The Morgan fingerprint density at radius 2 is 2.35 bits per heavy atom. The van der Waals surface area contributed by atoms with Crippen molar-refractivity contribution in [2.75, 3.05) is 23.8 Å². The molecule has 1 saturated heterocycles. The highest BCUT2D eigenvalue weighted by molar-refractivity contribution is 7.16. The molecule has 1 aliphatic rings. The van der Waals surface area contributed by atoms with Gasteiger partial charge in [0.25, 0.3) is 0 Å². The Kier molecular flexibility index (Phi) is 3.43. The van der Waals surface area contributed by atoms with Crippen molar-refractivity contribution in [1.82, 2.24) is 9.97 Å². The first-order chi connectivity index (χ1) is 9.70. The van der Waals surface area contributed by atoms with E-state index < -0.39 is 0 Å². The maximum absolute atomic E-state index is 11.7. The lowest BCUT2D eigenvalue weighted by atomic mass is 10.0. The number of nitrogens with zero attached hydrogens (tertiary/aromatic N) is 3. The molecule has 0 saturated carbocycles. The summed E-state index contributed by atoms with van der Waals surface area (Å²) >= 11 is 1.57. The number of hydrogen-bond donors (Lipinski definition) is 2. The number of primary amides is 1. The number of piperidine rings is 1. The average molecular weight is 291 g/mol. The molecule has 20 heavy (non-hydrogen) atoms. The molecule has 2 aromatic heterocycles. The summed E-state index contributed by atoms with van der Waals surface area (Å²) in [5.41, 5.74) is 5.55. The zero-order chi connectivity index (χ0) is 14.1. The molecule has 3 heterocycles. The number of nitrogens with one attached hydrogen (secondary N) is 1. The summed E-state index contributed by atoms with van der Waals surface area (Å²) < 4.78 is 0. The van der Waals surface area contributed by atoms with Crippen LogP contribution in [0.3, 0.4) is 0 Å². The summed E-state index contributed by atoms with van der Waals surface area (Å²) in [5.74, 6) is 1.10. The molecule has 3 N–H and O–H groups in total. The fourth-order valence-electron chi connectivity index (χ4n) is 2.65. The van der Waals surface area contributed by atoms with Crippen molar-refractivity contribution in [1.29, 1.82) is 0 Å². The zero-order valence-corrected chi connectivity index (χ0v) is 12.1. The van der Waals surface area contributed by atoms with Crippen molar-refractivity contribution in [3.8, 4) is 0 Å². The van der Waals surface area contributed by atoms with Gasteiger partial charge in [0.05, 0.1) is 5.39 Å². The van der Waals surface area contributed by atoms with Crippen molar-refractivity contribution in [2.45, 2.75) is 25.3 Å². The molecule has 0 aliphatic carbocycles. The Balaban J connectivity index is 2.11. The predicted molar refractivity (Wildman–Crippen MR) is 81.1 cm³/mol. The molecule has 6 nitrogen and oxygen atoms in total. The van der Waals surface area contributed by atoms with E-state index in [0.717, 1.165) is 41.8 Å². The molecule has 1 unspecified atom stereocenters. The highest BCUT2D eigenvalue weighted by Gasteiger charge is 2.29. The van der Waals surface area contributed by atoms with E-state index >= 15 is 0 Å². The number of rotatable bonds is 3. The van der Waals surface area contributed by atoms with Crippen LogP contribution in [-0.2, 0) is 4.79 Å². The van der Waals surface area contributed by atoms with Gasteiger partial charge in [0.15, 0.2) is 0 Å². The SMILES string of the molecule is CNc1nc(N2CCCCC2C(N)=O)c2ccsc2n1. The highest BCUT2D eigenvalue weighted by atomic mass is 32.1. The lowest BCUT2D eigenvalue weighted by molar-refractivity contribution is -0.119. The molecule has 0 bridgehead atoms. The number of carbonyl (C=O) groups is 1. The van der Waals surface area contributed by atoms with Crippen LogP contribution in [-0.4, -0.2) is 35.5 Å². The fourth-order valence-corrected chi connectivity index (χ4v) is 3.41. The van der Waals surface area contributed by atoms with Crippen LogP contribution < -0.4 is 16.0 Å². The van der Waals surface area contributed by atoms with Crippen molar-refractivity contribution in [2.24, 2.45) is 5.73 Å². The van der Waals surface area contributed by atoms with E-state index in [1.165, 1.54) is 0 Å². The average Bonchev–Trinajstić information content (AvgIpc) is 2.94. The van der Waals surface area contributed by atoms with Gasteiger partial charge in [-0.15, -0.1) is 11.3 Å². The van der Waals surface area contributed by atoms with Gasteiger partial charge < -0.3 is 16.0 Å². The van der Waals surface area contributed by atoms with E-state index in [0.29, 0.717) is 5.95 Å². The molecule has 106 valence electrons. The molecule has 7 heteroatoms. The normalized spacial score (nSPS) is 19.2. The van der Waals surface area contributed by atoms with E-state index in [-0.39, 0.29) is 11.9 Å². The van der Waals surface area contributed by atoms with Gasteiger partial charge in [-0.25, -0.2) is 4.98 Å². The number of hydrogen-bond acceptors (Lipinski definition) is 6. The number of nitrogens with two attached hydrogens (primary N) is 1. The van der Waals surface area contributed by atoms with Gasteiger partial charge in [0.1, 0.15) is 16.7 Å². The summed E-state index contributed by atoms with van der Waals surface area (Å²) in [4.78, 5) is 23.6. The van der Waals surface area contributed by atoms with Gasteiger partial charge in [-0.1, -0.05) is 0 Å². The first-order valence-electron chi connectivity index (χ1n) is 6.69. The largest absolute Gasteiger partial charge is 0.368 e. The Hall–Kier alpha value is -1.89. The summed E-state index contributed by atoms with van der Waals surface area (Å²) in [5, 5.41) is 5.95. The predicted octanol–water partition coefficient (Wildman–Crippen LogP) is 1.58. The van der Waals surface area contributed by atoms with Crippen LogP contribution in [0.1, 0.15) is 19.3 Å². The molecule has 0 aromatic carbocycles. The molecular weight excluding hydrogens is 274 g/mol. The van der Waals surface area contributed by atoms with Crippen LogP contribution in [0.2, 0.25) is 0 Å². The number of fused-ring (bicyclic) bond motifs is 1. The summed E-state index contributed by atoms with van der Waals surface area (Å²) in [7, 11) is 1.79. The maximum Gasteiger partial charge on any atom is 0.240 e. The Bertz CT molecular complexity index is 641. The second-order valence-electron chi connectivity index (χ2n) is 4.87. The number of carbonyl (C=O) groups excluding carboxylic acids is 1. The van der Waals surface area contributed by atoms with Gasteiger partial charge in [0.2, 0.25) is 11.9 Å². The number of anilines is 2. The van der Waals surface area contributed by atoms with E-state index in [2.05, 4.69) is 15.3 Å². The minimum Gasteiger partial charge on any atom is -0.368 e. The van der Waals surface area contributed by atoms with Crippen molar-refractivity contribution < 1.29 is 4.79 Å². The molecule has 1 atom stereocenters. The summed E-state index contributed by atoms with van der Waals surface area (Å²) in [6.07, 6.45) is 2.87. The van der Waals surface area contributed by atoms with Gasteiger partial charge in [-0.2, -0.15) is 4.98 Å². The molecule has 1 fully saturated rings. The minimum atomic E-state index is -0.280. The molecule has 2 aromatic rings. The first kappa shape index (κ1) is 13.1. The van der Waals surface area contributed by atoms with Crippen LogP contribution in [0, 0.1) is 0 Å². The number of thiophene rings is 1. The molecular formula is C13H17N5OS. The second kappa shape index (κ2) is 5.24. The topological polar surface area (TPSA) is 84.1 Å². The van der Waals surface area contributed by atoms with Gasteiger partial charge in [-0.3, -0.25) is 4.79 Å². The van der Waals surface area contributed by atoms with Crippen LogP contribution in [0.25, 0.3) is 10.2 Å². The molecule has 3 rings (SSSR count). The first-order valence-corrected chi connectivity index (χ1v) is 7.57. The summed E-state index contributed by atoms with van der Waals surface area (Å²) in [6.45, 7) is 0.804. The van der Waals surface area contributed by atoms with E-state index in [1.54, 1.807) is 18.4 Å². The Labute approximate surface area is 121 Å². The smallest absolute Gasteiger partial charge is 0.240 e. The highest BCUT2D eigenvalue weighted by Crippen LogP contribution is 2.32. The minimum absolute atomic E-state index is 0.272. The van der Waals surface area contributed by atoms with Gasteiger partial charge in [-0.05, 0) is 30.7 Å². The van der Waals surface area contributed by atoms with Crippen molar-refractivity contribution in [3.63, 3.8) is 0 Å². The van der Waals surface area contributed by atoms with Crippen molar-refractivity contribution >= 4 is 39.2 Å². The molecule has 1 aliphatic heterocycles. The standard InChI is InChI=1S/C13H17N5OS/c1-15-13-16-11(8-5-7-20-12(8)17-13)18-6-3-2-4-9(18)10(14)19/h5,7,9H,2-4,6H2,1H3,(H2,14,19)(H,15,16,17). The molecule has 0 radical (unpaired) electrons. The van der Waals surface area contributed by atoms with Gasteiger partial charge in [0, 0.05) is 13.6 Å². The maximum atomic E-state index is 11.7.